The number of phenols is 1. The summed E-state index contributed by atoms with van der Waals surface area (Å²) in [6.07, 6.45) is 3.23. The second kappa shape index (κ2) is 10.4. The number of nitrogens with zero attached hydrogens (tertiary/aromatic N) is 3. The van der Waals surface area contributed by atoms with E-state index >= 15 is 0 Å². The molecule has 206 valence electrons. The van der Waals surface area contributed by atoms with E-state index in [0.29, 0.717) is 46.9 Å². The van der Waals surface area contributed by atoms with Gasteiger partial charge in [-0.3, -0.25) is 9.36 Å². The lowest BCUT2D eigenvalue weighted by molar-refractivity contribution is -0.146. The van der Waals surface area contributed by atoms with E-state index in [1.165, 1.54) is 30.9 Å². The van der Waals surface area contributed by atoms with Crippen LogP contribution in [0.1, 0.15) is 43.9 Å². The van der Waals surface area contributed by atoms with Crippen LogP contribution in [0.5, 0.6) is 5.75 Å². The molecule has 39 heavy (non-hydrogen) atoms. The second-order valence-corrected chi connectivity index (χ2v) is 11.0. The lowest BCUT2D eigenvalue weighted by Crippen LogP contribution is -2.52. The topological polar surface area (TPSA) is 146 Å². The first-order valence-corrected chi connectivity index (χ1v) is 13.4. The standard InChI is InChI=1S/C27H29N3O8S/c1-15-20-23(32)30(27(2,3)25(33)34)26(35)29(24(20)39-21(15)22-28-10-13-37-22)14-19(17-6-4-5-7-18(17)31)38-16-8-11-36-12-9-16/h4-7,10,13,16,19,31H,8-9,11-12,14H2,1-3H3,(H,33,34). The number of fused-ring (bicyclic) bond motifs is 1. The molecule has 1 saturated heterocycles. The number of aromatic nitrogens is 3. The molecule has 0 bridgehead atoms. The van der Waals surface area contributed by atoms with Crippen LogP contribution in [0.15, 0.2) is 50.7 Å². The second-order valence-electron chi connectivity index (χ2n) is 9.97. The van der Waals surface area contributed by atoms with E-state index in [4.69, 9.17) is 13.9 Å². The third-order valence-corrected chi connectivity index (χ3v) is 8.38. The summed E-state index contributed by atoms with van der Waals surface area (Å²) in [4.78, 5) is 45.0. The Kier molecular flexibility index (Phi) is 7.19. The van der Waals surface area contributed by atoms with Crippen molar-refractivity contribution in [2.45, 2.75) is 57.9 Å². The van der Waals surface area contributed by atoms with Crippen LogP contribution < -0.4 is 11.2 Å². The fourth-order valence-electron chi connectivity index (χ4n) is 4.82. The lowest BCUT2D eigenvalue weighted by atomic mass is 10.0. The molecule has 2 N–H and O–H groups in total. The Labute approximate surface area is 226 Å². The molecule has 0 spiro atoms. The van der Waals surface area contributed by atoms with Gasteiger partial charge in [-0.2, -0.15) is 0 Å². The number of carboxylic acid groups (broad SMARTS) is 1. The summed E-state index contributed by atoms with van der Waals surface area (Å²) in [5.41, 5.74) is -2.35. The monoisotopic (exact) mass is 555 g/mol. The highest BCUT2D eigenvalue weighted by Crippen LogP contribution is 2.37. The first kappa shape index (κ1) is 26.9. The Hall–Kier alpha value is -3.74. The van der Waals surface area contributed by atoms with Gasteiger partial charge in [-0.15, -0.1) is 11.3 Å². The number of carbonyl (C=O) groups is 1. The fraction of sp³-hybridized carbons (Fsp3) is 0.407. The number of hydrogen-bond acceptors (Lipinski definition) is 9. The molecule has 1 aromatic carbocycles. The van der Waals surface area contributed by atoms with Crippen LogP contribution in [-0.2, 0) is 26.4 Å². The summed E-state index contributed by atoms with van der Waals surface area (Å²) in [6.45, 7) is 5.32. The van der Waals surface area contributed by atoms with E-state index in [9.17, 15) is 24.6 Å². The number of oxazole rings is 1. The zero-order valence-electron chi connectivity index (χ0n) is 21.7. The number of thiophene rings is 1. The smallest absolute Gasteiger partial charge is 0.333 e. The number of aryl methyl sites for hydroxylation is 1. The summed E-state index contributed by atoms with van der Waals surface area (Å²) >= 11 is 1.16. The summed E-state index contributed by atoms with van der Waals surface area (Å²) in [5, 5.41) is 20.8. The average molecular weight is 556 g/mol. The molecule has 4 aromatic rings. The van der Waals surface area contributed by atoms with Crippen molar-refractivity contribution in [1.29, 1.82) is 0 Å². The maximum absolute atomic E-state index is 14.0. The van der Waals surface area contributed by atoms with Crippen molar-refractivity contribution < 1.29 is 28.9 Å². The molecule has 11 nitrogen and oxygen atoms in total. The Morgan fingerprint density at radius 2 is 1.97 bits per heavy atom. The molecule has 5 rings (SSSR count). The number of carboxylic acids is 1. The number of rotatable bonds is 8. The van der Waals surface area contributed by atoms with E-state index < -0.39 is 28.9 Å². The van der Waals surface area contributed by atoms with Crippen molar-refractivity contribution in [3.8, 4) is 16.5 Å². The minimum atomic E-state index is -1.84. The Morgan fingerprint density at radius 1 is 1.26 bits per heavy atom. The Bertz CT molecular complexity index is 1630. The van der Waals surface area contributed by atoms with E-state index in [0.717, 1.165) is 15.9 Å². The third kappa shape index (κ3) is 4.79. The SMILES string of the molecule is Cc1c(-c2ncco2)sc2c1c(=O)n(C(C)(C)C(=O)O)c(=O)n2CC(OC1CCOCC1)c1ccccc1O. The van der Waals surface area contributed by atoms with Crippen molar-refractivity contribution in [2.75, 3.05) is 13.2 Å². The number of phenolic OH excluding ortho intramolecular Hbond substituents is 1. The van der Waals surface area contributed by atoms with Gasteiger partial charge in [0.05, 0.1) is 29.1 Å². The number of ether oxygens (including phenoxy) is 2. The predicted octanol–water partition coefficient (Wildman–Crippen LogP) is 3.65. The Balaban J connectivity index is 1.75. The zero-order valence-corrected chi connectivity index (χ0v) is 22.6. The maximum Gasteiger partial charge on any atom is 0.333 e. The van der Waals surface area contributed by atoms with E-state index in [1.807, 2.05) is 0 Å². The summed E-state index contributed by atoms with van der Waals surface area (Å²) in [7, 11) is 0. The lowest BCUT2D eigenvalue weighted by Gasteiger charge is -2.29. The quantitative estimate of drug-likeness (QED) is 0.333. The van der Waals surface area contributed by atoms with Gasteiger partial charge in [0.15, 0.2) is 0 Å². The van der Waals surface area contributed by atoms with Crippen LogP contribution in [0.4, 0.5) is 0 Å². The highest BCUT2D eigenvalue weighted by Gasteiger charge is 2.36. The fourth-order valence-corrected chi connectivity index (χ4v) is 6.06. The van der Waals surface area contributed by atoms with Gasteiger partial charge in [0.25, 0.3) is 5.56 Å². The minimum absolute atomic E-state index is 0.000810. The van der Waals surface area contributed by atoms with Crippen LogP contribution in [-0.4, -0.2) is 49.6 Å². The molecule has 0 radical (unpaired) electrons. The summed E-state index contributed by atoms with van der Waals surface area (Å²) in [5.74, 6) is -1.04. The summed E-state index contributed by atoms with van der Waals surface area (Å²) in [6, 6.07) is 6.71. The van der Waals surface area contributed by atoms with Gasteiger partial charge in [-0.1, -0.05) is 18.2 Å². The first-order valence-electron chi connectivity index (χ1n) is 12.5. The number of benzene rings is 1. The number of hydrogen-bond donors (Lipinski definition) is 2. The highest BCUT2D eigenvalue weighted by atomic mass is 32.1. The van der Waals surface area contributed by atoms with Gasteiger partial charge in [-0.05, 0) is 45.2 Å². The average Bonchev–Trinajstić information content (AvgIpc) is 3.55. The van der Waals surface area contributed by atoms with E-state index in [2.05, 4.69) is 4.98 Å². The van der Waals surface area contributed by atoms with Gasteiger partial charge in [-0.25, -0.2) is 19.1 Å². The predicted molar refractivity (Wildman–Crippen MR) is 143 cm³/mol. The minimum Gasteiger partial charge on any atom is -0.508 e. The normalized spacial score (nSPS) is 15.6. The van der Waals surface area contributed by atoms with Crippen LogP contribution in [0.25, 0.3) is 21.0 Å². The van der Waals surface area contributed by atoms with Crippen molar-refractivity contribution in [2.24, 2.45) is 0 Å². The molecule has 0 aliphatic carbocycles. The van der Waals surface area contributed by atoms with Crippen molar-refractivity contribution in [3.63, 3.8) is 0 Å². The molecule has 3 aromatic heterocycles. The molecule has 0 saturated carbocycles. The molecule has 12 heteroatoms. The van der Waals surface area contributed by atoms with Crippen molar-refractivity contribution >= 4 is 27.5 Å². The molecule has 0 amide bonds. The van der Waals surface area contributed by atoms with Crippen molar-refractivity contribution in [3.05, 3.63) is 68.7 Å². The molecular weight excluding hydrogens is 526 g/mol. The van der Waals surface area contributed by atoms with Gasteiger partial charge < -0.3 is 24.1 Å². The number of para-hydroxylation sites is 1. The Morgan fingerprint density at radius 3 is 2.62 bits per heavy atom. The van der Waals surface area contributed by atoms with Crippen molar-refractivity contribution in [1.82, 2.24) is 14.1 Å². The van der Waals surface area contributed by atoms with Gasteiger partial charge in [0.1, 0.15) is 28.5 Å². The maximum atomic E-state index is 14.0. The van der Waals surface area contributed by atoms with Gasteiger partial charge in [0, 0.05) is 18.8 Å². The first-order chi connectivity index (χ1) is 18.6. The zero-order chi connectivity index (χ0) is 27.9. The van der Waals surface area contributed by atoms with Crippen LogP contribution in [0.3, 0.4) is 0 Å². The van der Waals surface area contributed by atoms with Gasteiger partial charge in [0.2, 0.25) is 5.89 Å². The van der Waals surface area contributed by atoms with Crippen LogP contribution in [0.2, 0.25) is 0 Å². The third-order valence-electron chi connectivity index (χ3n) is 7.08. The molecular formula is C27H29N3O8S. The largest absolute Gasteiger partial charge is 0.508 e. The van der Waals surface area contributed by atoms with Gasteiger partial charge >= 0.3 is 11.7 Å². The number of aliphatic carboxylic acids is 1. The van der Waals surface area contributed by atoms with E-state index in [1.54, 1.807) is 31.2 Å². The molecule has 4 heterocycles. The van der Waals surface area contributed by atoms with Crippen LogP contribution >= 0.6 is 11.3 Å². The van der Waals surface area contributed by atoms with E-state index in [-0.39, 0.29) is 29.7 Å². The molecule has 1 aliphatic heterocycles. The highest BCUT2D eigenvalue weighted by molar-refractivity contribution is 7.22. The molecule has 1 unspecified atom stereocenters. The molecule has 1 fully saturated rings. The molecule has 1 aliphatic rings. The number of aromatic hydroxyl groups is 1. The molecule has 1 atom stereocenters. The summed E-state index contributed by atoms with van der Waals surface area (Å²) < 4.78 is 19.5. The van der Waals surface area contributed by atoms with Crippen LogP contribution in [0, 0.1) is 6.92 Å².